The first-order chi connectivity index (χ1) is 9.05. The maximum atomic E-state index is 5.91. The van der Waals surface area contributed by atoms with Gasteiger partial charge in [0.25, 0.3) is 0 Å². The van der Waals surface area contributed by atoms with Crippen LogP contribution < -0.4 is 5.32 Å². The minimum atomic E-state index is -0.0291. The second-order valence-electron chi connectivity index (χ2n) is 5.92. The van der Waals surface area contributed by atoms with E-state index in [1.165, 1.54) is 0 Å². The summed E-state index contributed by atoms with van der Waals surface area (Å²) in [4.78, 5) is 6.77. The molecular formula is C15H25N3O. The molecule has 2 rings (SSSR count). The van der Waals surface area contributed by atoms with Gasteiger partial charge in [-0.05, 0) is 32.9 Å². The van der Waals surface area contributed by atoms with Crippen molar-refractivity contribution >= 4 is 0 Å². The van der Waals surface area contributed by atoms with Gasteiger partial charge in [0, 0.05) is 38.9 Å². The zero-order chi connectivity index (χ0) is 13.7. The van der Waals surface area contributed by atoms with E-state index in [1.54, 1.807) is 0 Å². The Morgan fingerprint density at radius 1 is 1.47 bits per heavy atom. The summed E-state index contributed by atoms with van der Waals surface area (Å²) in [5.41, 5.74) is 1.07. The summed E-state index contributed by atoms with van der Waals surface area (Å²) in [6.45, 7) is 11.4. The molecular weight excluding hydrogens is 238 g/mol. The Morgan fingerprint density at radius 2 is 2.32 bits per heavy atom. The lowest BCUT2D eigenvalue weighted by atomic mass is 10.1. The quantitative estimate of drug-likeness (QED) is 0.820. The number of hydrogen-bond acceptors (Lipinski definition) is 4. The molecule has 0 aliphatic carbocycles. The van der Waals surface area contributed by atoms with Crippen molar-refractivity contribution in [1.82, 2.24) is 15.2 Å². The highest BCUT2D eigenvalue weighted by atomic mass is 16.5. The fraction of sp³-hybridized carbons (Fsp3) is 0.667. The van der Waals surface area contributed by atoms with Crippen LogP contribution in [0.25, 0.3) is 0 Å². The smallest absolute Gasteiger partial charge is 0.0757 e. The summed E-state index contributed by atoms with van der Waals surface area (Å²) in [5, 5.41) is 3.45. The molecule has 0 spiro atoms. The average molecular weight is 263 g/mol. The number of pyridine rings is 1. The molecule has 4 nitrogen and oxygen atoms in total. The van der Waals surface area contributed by atoms with Gasteiger partial charge in [-0.1, -0.05) is 6.07 Å². The number of ether oxygens (including phenoxy) is 1. The van der Waals surface area contributed by atoms with Crippen LogP contribution in [0, 0.1) is 0 Å². The SMILES string of the molecule is CC1CN(CCNCc2ccccn2)CC(C)(C)O1. The molecule has 1 N–H and O–H groups in total. The van der Waals surface area contributed by atoms with Gasteiger partial charge in [-0.15, -0.1) is 0 Å². The van der Waals surface area contributed by atoms with Gasteiger partial charge in [0.2, 0.25) is 0 Å². The molecule has 1 unspecified atom stereocenters. The molecule has 106 valence electrons. The molecule has 19 heavy (non-hydrogen) atoms. The van der Waals surface area contributed by atoms with E-state index in [1.807, 2.05) is 24.4 Å². The van der Waals surface area contributed by atoms with Gasteiger partial charge in [0.15, 0.2) is 0 Å². The first-order valence-electron chi connectivity index (χ1n) is 7.06. The number of aromatic nitrogens is 1. The molecule has 1 aromatic rings. The summed E-state index contributed by atoms with van der Waals surface area (Å²) in [5.74, 6) is 0. The van der Waals surface area contributed by atoms with Crippen molar-refractivity contribution in [3.63, 3.8) is 0 Å². The van der Waals surface area contributed by atoms with Crippen molar-refractivity contribution in [1.29, 1.82) is 0 Å². The van der Waals surface area contributed by atoms with Crippen LogP contribution in [0.3, 0.4) is 0 Å². The fourth-order valence-electron chi connectivity index (χ4n) is 2.71. The van der Waals surface area contributed by atoms with E-state index < -0.39 is 0 Å². The predicted octanol–water partition coefficient (Wildman–Crippen LogP) is 1.67. The maximum Gasteiger partial charge on any atom is 0.0757 e. The van der Waals surface area contributed by atoms with Crippen molar-refractivity contribution < 1.29 is 4.74 Å². The number of nitrogens with zero attached hydrogens (tertiary/aromatic N) is 2. The lowest BCUT2D eigenvalue weighted by Gasteiger charge is -2.41. The highest BCUT2D eigenvalue weighted by molar-refractivity contribution is 5.02. The van der Waals surface area contributed by atoms with Crippen LogP contribution >= 0.6 is 0 Å². The van der Waals surface area contributed by atoms with E-state index in [0.29, 0.717) is 6.10 Å². The highest BCUT2D eigenvalue weighted by Crippen LogP contribution is 2.20. The molecule has 0 radical (unpaired) electrons. The van der Waals surface area contributed by atoms with Gasteiger partial charge in [-0.25, -0.2) is 0 Å². The minimum absolute atomic E-state index is 0.0291. The molecule has 0 bridgehead atoms. The number of nitrogens with one attached hydrogen (secondary N) is 1. The van der Waals surface area contributed by atoms with Crippen LogP contribution in [0.15, 0.2) is 24.4 Å². The summed E-state index contributed by atoms with van der Waals surface area (Å²) < 4.78 is 5.91. The summed E-state index contributed by atoms with van der Waals surface area (Å²) in [6.07, 6.45) is 2.16. The Kier molecular flexibility index (Phi) is 4.91. The van der Waals surface area contributed by atoms with Gasteiger partial charge in [0.1, 0.15) is 0 Å². The minimum Gasteiger partial charge on any atom is -0.370 e. The number of morpholine rings is 1. The van der Waals surface area contributed by atoms with Gasteiger partial charge < -0.3 is 10.1 Å². The molecule has 0 aromatic carbocycles. The third-order valence-corrected chi connectivity index (χ3v) is 3.28. The average Bonchev–Trinajstić information content (AvgIpc) is 2.33. The second kappa shape index (κ2) is 6.46. The Morgan fingerprint density at radius 3 is 3.00 bits per heavy atom. The van der Waals surface area contributed by atoms with E-state index in [9.17, 15) is 0 Å². The van der Waals surface area contributed by atoms with Crippen molar-refractivity contribution in [2.24, 2.45) is 0 Å². The topological polar surface area (TPSA) is 37.4 Å². The van der Waals surface area contributed by atoms with Gasteiger partial charge in [-0.2, -0.15) is 0 Å². The standard InChI is InChI=1S/C15H25N3O/c1-13-11-18(12-15(2,3)19-13)9-8-16-10-14-6-4-5-7-17-14/h4-7,13,16H,8-12H2,1-3H3. The molecule has 1 aliphatic heterocycles. The van der Waals surface area contributed by atoms with E-state index in [-0.39, 0.29) is 5.60 Å². The number of hydrogen-bond donors (Lipinski definition) is 1. The first kappa shape index (κ1) is 14.4. The van der Waals surface area contributed by atoms with Crippen LogP contribution in [-0.2, 0) is 11.3 Å². The summed E-state index contributed by atoms with van der Waals surface area (Å²) in [6, 6.07) is 6.02. The third-order valence-electron chi connectivity index (χ3n) is 3.28. The molecule has 4 heteroatoms. The first-order valence-corrected chi connectivity index (χ1v) is 7.06. The van der Waals surface area contributed by atoms with E-state index >= 15 is 0 Å². The lowest BCUT2D eigenvalue weighted by Crippen LogP contribution is -2.53. The lowest BCUT2D eigenvalue weighted by molar-refractivity contribution is -0.128. The Balaban J connectivity index is 1.68. The van der Waals surface area contributed by atoms with E-state index in [4.69, 9.17) is 4.74 Å². The molecule has 1 aliphatic rings. The van der Waals surface area contributed by atoms with Crippen LogP contribution in [-0.4, -0.2) is 47.8 Å². The van der Waals surface area contributed by atoms with Crippen molar-refractivity contribution in [2.75, 3.05) is 26.2 Å². The Hall–Kier alpha value is -0.970. The van der Waals surface area contributed by atoms with Crippen LogP contribution in [0.4, 0.5) is 0 Å². The normalized spacial score (nSPS) is 23.4. The number of rotatable bonds is 5. The maximum absolute atomic E-state index is 5.91. The molecule has 0 saturated carbocycles. The summed E-state index contributed by atoms with van der Waals surface area (Å²) in [7, 11) is 0. The second-order valence-corrected chi connectivity index (χ2v) is 5.92. The molecule has 2 heterocycles. The van der Waals surface area contributed by atoms with Gasteiger partial charge >= 0.3 is 0 Å². The van der Waals surface area contributed by atoms with E-state index in [0.717, 1.165) is 38.4 Å². The zero-order valence-corrected chi connectivity index (χ0v) is 12.2. The van der Waals surface area contributed by atoms with Crippen molar-refractivity contribution in [3.8, 4) is 0 Å². The van der Waals surface area contributed by atoms with Crippen molar-refractivity contribution in [3.05, 3.63) is 30.1 Å². The predicted molar refractivity (Wildman–Crippen MR) is 77.0 cm³/mol. The third kappa shape index (κ3) is 4.90. The van der Waals surface area contributed by atoms with Crippen LogP contribution in [0.1, 0.15) is 26.5 Å². The van der Waals surface area contributed by atoms with Crippen LogP contribution in [0.2, 0.25) is 0 Å². The molecule has 1 fully saturated rings. The highest BCUT2D eigenvalue weighted by Gasteiger charge is 2.30. The fourth-order valence-corrected chi connectivity index (χ4v) is 2.71. The van der Waals surface area contributed by atoms with Crippen LogP contribution in [0.5, 0.6) is 0 Å². The Bertz CT molecular complexity index is 380. The molecule has 1 aromatic heterocycles. The van der Waals surface area contributed by atoms with Gasteiger partial charge in [-0.3, -0.25) is 9.88 Å². The van der Waals surface area contributed by atoms with E-state index in [2.05, 4.69) is 36.0 Å². The largest absolute Gasteiger partial charge is 0.370 e. The van der Waals surface area contributed by atoms with Gasteiger partial charge in [0.05, 0.1) is 17.4 Å². The Labute approximate surface area is 116 Å². The summed E-state index contributed by atoms with van der Waals surface area (Å²) >= 11 is 0. The molecule has 1 atom stereocenters. The van der Waals surface area contributed by atoms with Crippen molar-refractivity contribution in [2.45, 2.75) is 39.0 Å². The molecule has 1 saturated heterocycles. The zero-order valence-electron chi connectivity index (χ0n) is 12.2. The monoisotopic (exact) mass is 263 g/mol. The molecule has 0 amide bonds.